The molecule has 0 spiro atoms. The first-order chi connectivity index (χ1) is 14.2. The topological polar surface area (TPSA) is 71.8 Å². The Kier molecular flexibility index (Phi) is 4.86. The molecule has 0 aliphatic heterocycles. The van der Waals surface area contributed by atoms with Crippen LogP contribution < -0.4 is 10.6 Å². The van der Waals surface area contributed by atoms with Crippen molar-refractivity contribution in [1.82, 2.24) is 20.1 Å². The van der Waals surface area contributed by atoms with Crippen LogP contribution in [0.5, 0.6) is 0 Å². The van der Waals surface area contributed by atoms with Gasteiger partial charge in [0, 0.05) is 24.2 Å². The summed E-state index contributed by atoms with van der Waals surface area (Å²) in [5.74, 6) is -0.0447. The smallest absolute Gasteiger partial charge is 0.315 e. The van der Waals surface area contributed by atoms with Gasteiger partial charge in [-0.2, -0.15) is 18.3 Å². The van der Waals surface area contributed by atoms with Gasteiger partial charge in [0.25, 0.3) is 5.91 Å². The zero-order valence-electron chi connectivity index (χ0n) is 15.5. The first-order valence-corrected chi connectivity index (χ1v) is 9.15. The van der Waals surface area contributed by atoms with Crippen LogP contribution >= 0.6 is 12.2 Å². The fourth-order valence-corrected chi connectivity index (χ4v) is 3.32. The Bertz CT molecular complexity index is 1280. The molecule has 2 aromatic heterocycles. The van der Waals surface area contributed by atoms with Crippen molar-refractivity contribution in [3.8, 4) is 0 Å². The molecule has 0 bridgehead atoms. The lowest BCUT2D eigenvalue weighted by molar-refractivity contribution is -0.137. The van der Waals surface area contributed by atoms with Crippen LogP contribution in [-0.2, 0) is 13.2 Å². The number of benzene rings is 2. The van der Waals surface area contributed by atoms with E-state index >= 15 is 0 Å². The molecule has 1 amide bonds. The Morgan fingerprint density at radius 1 is 1.10 bits per heavy atom. The average Bonchev–Trinajstić information content (AvgIpc) is 3.03. The summed E-state index contributed by atoms with van der Waals surface area (Å²) < 4.78 is 40.5. The number of nitrogens with zero attached hydrogens (tertiary/aromatic N) is 3. The number of carbonyl (C=O) groups excluding carboxylic acids is 1. The molecule has 0 fully saturated rings. The van der Waals surface area contributed by atoms with Crippen molar-refractivity contribution in [2.24, 2.45) is 7.05 Å². The van der Waals surface area contributed by atoms with Gasteiger partial charge < -0.3 is 5.32 Å². The lowest BCUT2D eigenvalue weighted by atomic mass is 10.1. The Morgan fingerprint density at radius 3 is 2.53 bits per heavy atom. The van der Waals surface area contributed by atoms with E-state index in [0.29, 0.717) is 27.7 Å². The maximum atomic E-state index is 13.0. The Hall–Kier alpha value is -3.53. The SMILES string of the molecule is Cn1nc(NC(=S)NC(=O)c2ccccc2)c2cnc3cc(C(F)(F)F)ccc3c21. The molecule has 6 nitrogen and oxygen atoms in total. The maximum absolute atomic E-state index is 13.0. The normalized spacial score (nSPS) is 11.6. The van der Waals surface area contributed by atoms with Crippen molar-refractivity contribution in [2.45, 2.75) is 6.18 Å². The van der Waals surface area contributed by atoms with E-state index in [0.717, 1.165) is 12.1 Å². The molecule has 0 saturated carbocycles. The van der Waals surface area contributed by atoms with Crippen molar-refractivity contribution in [1.29, 1.82) is 0 Å². The van der Waals surface area contributed by atoms with Gasteiger partial charge in [-0.1, -0.05) is 24.3 Å². The fourth-order valence-electron chi connectivity index (χ4n) is 3.13. The number of fused-ring (bicyclic) bond motifs is 3. The number of hydrogen-bond acceptors (Lipinski definition) is 4. The zero-order chi connectivity index (χ0) is 21.5. The number of carbonyl (C=O) groups is 1. The van der Waals surface area contributed by atoms with Crippen molar-refractivity contribution in [2.75, 3.05) is 5.32 Å². The number of rotatable bonds is 2. The van der Waals surface area contributed by atoms with Crippen molar-refractivity contribution < 1.29 is 18.0 Å². The van der Waals surface area contributed by atoms with Crippen LogP contribution in [0, 0.1) is 0 Å². The molecular formula is C20H14F3N5OS. The monoisotopic (exact) mass is 429 g/mol. The van der Waals surface area contributed by atoms with Gasteiger partial charge in [0.15, 0.2) is 10.9 Å². The van der Waals surface area contributed by atoms with Gasteiger partial charge in [-0.3, -0.25) is 19.8 Å². The second-order valence-electron chi connectivity index (χ2n) is 6.50. The van der Waals surface area contributed by atoms with Gasteiger partial charge in [0.1, 0.15) is 0 Å². The number of amides is 1. The highest BCUT2D eigenvalue weighted by molar-refractivity contribution is 7.80. The van der Waals surface area contributed by atoms with Crippen LogP contribution in [0.1, 0.15) is 15.9 Å². The minimum absolute atomic E-state index is 0.0383. The van der Waals surface area contributed by atoms with Crippen molar-refractivity contribution in [3.63, 3.8) is 0 Å². The third-order valence-corrected chi connectivity index (χ3v) is 4.70. The van der Waals surface area contributed by atoms with E-state index in [-0.39, 0.29) is 16.5 Å². The van der Waals surface area contributed by atoms with Crippen molar-refractivity contribution in [3.05, 3.63) is 65.9 Å². The molecule has 10 heteroatoms. The van der Waals surface area contributed by atoms with Gasteiger partial charge in [-0.05, 0) is 36.5 Å². The summed E-state index contributed by atoms with van der Waals surface area (Å²) in [4.78, 5) is 16.4. The highest BCUT2D eigenvalue weighted by Gasteiger charge is 2.31. The van der Waals surface area contributed by atoms with E-state index in [1.165, 1.54) is 16.9 Å². The molecule has 30 heavy (non-hydrogen) atoms. The summed E-state index contributed by atoms with van der Waals surface area (Å²) in [6.45, 7) is 0. The molecular weight excluding hydrogens is 415 g/mol. The highest BCUT2D eigenvalue weighted by atomic mass is 32.1. The van der Waals surface area contributed by atoms with Crippen LogP contribution in [0.3, 0.4) is 0 Å². The van der Waals surface area contributed by atoms with Gasteiger partial charge in [-0.25, -0.2) is 0 Å². The minimum atomic E-state index is -4.45. The van der Waals surface area contributed by atoms with Crippen molar-refractivity contribution >= 4 is 50.9 Å². The van der Waals surface area contributed by atoms with Gasteiger partial charge >= 0.3 is 6.18 Å². The summed E-state index contributed by atoms with van der Waals surface area (Å²) in [5.41, 5.74) is 0.466. The fraction of sp³-hybridized carbons (Fsp3) is 0.100. The summed E-state index contributed by atoms with van der Waals surface area (Å²) in [5, 5.41) is 10.9. The summed E-state index contributed by atoms with van der Waals surface area (Å²) in [6.07, 6.45) is -3.03. The standard InChI is InChI=1S/C20H14F3N5OS/c1-28-16-13-8-7-12(20(21,22)23)9-15(13)24-10-14(16)17(27-28)25-19(30)26-18(29)11-5-3-2-4-6-11/h2-10H,1H3,(H2,25,26,27,29,30). The van der Waals surface area contributed by atoms with E-state index < -0.39 is 11.7 Å². The predicted octanol–water partition coefficient (Wildman–Crippen LogP) is 4.27. The largest absolute Gasteiger partial charge is 0.416 e. The summed E-state index contributed by atoms with van der Waals surface area (Å²) in [7, 11) is 1.66. The third kappa shape index (κ3) is 3.69. The summed E-state index contributed by atoms with van der Waals surface area (Å²) in [6, 6.07) is 11.9. The van der Waals surface area contributed by atoms with E-state index in [1.54, 1.807) is 37.4 Å². The number of hydrogen-bond donors (Lipinski definition) is 2. The third-order valence-electron chi connectivity index (χ3n) is 4.49. The molecule has 2 aromatic carbocycles. The van der Waals surface area contributed by atoms with E-state index in [9.17, 15) is 18.0 Å². The lowest BCUT2D eigenvalue weighted by Crippen LogP contribution is -2.34. The predicted molar refractivity (Wildman–Crippen MR) is 111 cm³/mol. The highest BCUT2D eigenvalue weighted by Crippen LogP contribution is 2.34. The Balaban J connectivity index is 1.64. The molecule has 0 aliphatic carbocycles. The number of alkyl halides is 3. The van der Waals surface area contributed by atoms with E-state index in [1.807, 2.05) is 0 Å². The van der Waals surface area contributed by atoms with Crippen LogP contribution in [0.15, 0.2) is 54.7 Å². The Morgan fingerprint density at radius 2 is 1.83 bits per heavy atom. The van der Waals surface area contributed by atoms with Crippen LogP contribution in [0.25, 0.3) is 21.8 Å². The molecule has 4 rings (SSSR count). The molecule has 152 valence electrons. The molecule has 0 atom stereocenters. The van der Waals surface area contributed by atoms with Crippen LogP contribution in [0.4, 0.5) is 19.0 Å². The second kappa shape index (κ2) is 7.38. The first-order valence-electron chi connectivity index (χ1n) is 8.74. The second-order valence-corrected chi connectivity index (χ2v) is 6.90. The quantitative estimate of drug-likeness (QED) is 0.466. The van der Waals surface area contributed by atoms with Gasteiger partial charge in [0.2, 0.25) is 0 Å². The molecule has 0 unspecified atom stereocenters. The summed E-state index contributed by atoms with van der Waals surface area (Å²) >= 11 is 5.20. The van der Waals surface area contributed by atoms with Crippen LogP contribution in [0.2, 0.25) is 0 Å². The number of anilines is 1. The molecule has 0 radical (unpaired) electrons. The van der Waals surface area contributed by atoms with Gasteiger partial charge in [0.05, 0.1) is 22.0 Å². The molecule has 0 saturated heterocycles. The van der Waals surface area contributed by atoms with E-state index in [4.69, 9.17) is 12.2 Å². The maximum Gasteiger partial charge on any atom is 0.416 e. The number of nitrogens with one attached hydrogen (secondary N) is 2. The number of thiocarbonyl (C=S) groups is 1. The number of pyridine rings is 1. The van der Waals surface area contributed by atoms with E-state index in [2.05, 4.69) is 20.7 Å². The minimum Gasteiger partial charge on any atom is -0.315 e. The average molecular weight is 429 g/mol. The van der Waals surface area contributed by atoms with Crippen LogP contribution in [-0.4, -0.2) is 25.8 Å². The van der Waals surface area contributed by atoms with Gasteiger partial charge in [-0.15, -0.1) is 0 Å². The number of aromatic nitrogens is 3. The molecule has 4 aromatic rings. The lowest BCUT2D eigenvalue weighted by Gasteiger charge is -2.09. The number of aryl methyl sites for hydroxylation is 1. The first kappa shape index (κ1) is 19.8. The molecule has 0 aliphatic rings. The number of halogens is 3. The molecule has 2 N–H and O–H groups in total. The molecule has 2 heterocycles. The zero-order valence-corrected chi connectivity index (χ0v) is 16.3. The Labute approximate surface area is 173 Å².